The van der Waals surface area contributed by atoms with Gasteiger partial charge in [0.2, 0.25) is 0 Å². The van der Waals surface area contributed by atoms with Crippen molar-refractivity contribution in [3.63, 3.8) is 0 Å². The number of hydrogen-bond acceptors (Lipinski definition) is 7. The Labute approximate surface area is 587 Å². The van der Waals surface area contributed by atoms with Crippen molar-refractivity contribution in [2.45, 2.75) is 457 Å². The molecule has 0 saturated carbocycles. The van der Waals surface area contributed by atoms with Gasteiger partial charge in [-0.05, 0) is 44.9 Å². The fourth-order valence-corrected chi connectivity index (χ4v) is 13.8. The zero-order valence-electron chi connectivity index (χ0n) is 64.0. The van der Waals surface area contributed by atoms with E-state index < -0.39 is 26.5 Å². The van der Waals surface area contributed by atoms with Gasteiger partial charge in [0.1, 0.15) is 19.8 Å². The highest BCUT2D eigenvalue weighted by atomic mass is 31.2. The van der Waals surface area contributed by atoms with Crippen LogP contribution in [0.4, 0.5) is 0 Å². The second-order valence-electron chi connectivity index (χ2n) is 30.2. The minimum absolute atomic E-state index is 0.0359. The normalized spacial score (nSPS) is 13.0. The average Bonchev–Trinajstić information content (AvgIpc) is 1.66. The lowest BCUT2D eigenvalue weighted by Crippen LogP contribution is -2.37. The Balaban J connectivity index is 3.86. The third-order valence-corrected chi connectivity index (χ3v) is 20.5. The Morgan fingerprint density at radius 1 is 0.330 bits per heavy atom. The van der Waals surface area contributed by atoms with E-state index in [1.54, 1.807) is 0 Å². The molecule has 0 spiro atoms. The second kappa shape index (κ2) is 75.7. The van der Waals surface area contributed by atoms with Crippen LogP contribution in [0, 0.1) is 0 Å². The SMILES string of the molecule is CCCCCCC/C=C\C/C=C\CCCCCCCCCCCCCCCCCCCCCC(=O)OC(COC(=O)CCCCCCCCCCCCCCCCCCCCCCCCCCCCCCCCCCCCCCCCC)COP(=O)(O)OCC[N+](C)(C)C. The molecule has 0 aliphatic rings. The number of phosphoric ester groups is 1. The minimum Gasteiger partial charge on any atom is -0.462 e. The van der Waals surface area contributed by atoms with Crippen LogP contribution in [0.1, 0.15) is 450 Å². The highest BCUT2D eigenvalue weighted by Gasteiger charge is 2.27. The van der Waals surface area contributed by atoms with Gasteiger partial charge in [0.25, 0.3) is 0 Å². The predicted octanol–water partition coefficient (Wildman–Crippen LogP) is 28.0. The van der Waals surface area contributed by atoms with Crippen LogP contribution in [0.15, 0.2) is 24.3 Å². The van der Waals surface area contributed by atoms with Crippen LogP contribution >= 0.6 is 7.82 Å². The highest BCUT2D eigenvalue weighted by Crippen LogP contribution is 2.43. The maximum Gasteiger partial charge on any atom is 0.472 e. The molecule has 1 N–H and O–H groups in total. The lowest BCUT2D eigenvalue weighted by Gasteiger charge is -2.24. The van der Waals surface area contributed by atoms with Crippen molar-refractivity contribution >= 4 is 19.8 Å². The standard InChI is InChI=1S/C84H164NO8P/c1-6-8-10-12-14-16-18-20-22-24-26-28-30-32-34-36-38-39-40-41-42-43-44-45-47-48-50-52-54-56-58-60-62-64-66-68-70-72-74-76-83(86)90-80-82(81-92-94(88,89)91-79-78-85(3,4)5)93-84(87)77-75-73-71-69-67-65-63-61-59-57-55-53-51-49-46-37-35-33-31-29-27-25-23-21-19-17-15-13-11-9-7-2/h19,21,25,27,82H,6-18,20,22-24,26,28-81H2,1-5H3/p+1/b21-19-,27-25-. The van der Waals surface area contributed by atoms with E-state index in [0.29, 0.717) is 23.9 Å². The molecule has 0 aromatic heterocycles. The van der Waals surface area contributed by atoms with Gasteiger partial charge in [0, 0.05) is 12.8 Å². The summed E-state index contributed by atoms with van der Waals surface area (Å²) in [6.45, 7) is 4.52. The number of esters is 2. The van der Waals surface area contributed by atoms with E-state index in [4.69, 9.17) is 18.5 Å². The molecule has 0 aromatic rings. The Kier molecular flexibility index (Phi) is 74.5. The van der Waals surface area contributed by atoms with Crippen LogP contribution in [0.5, 0.6) is 0 Å². The van der Waals surface area contributed by atoms with Crippen molar-refractivity contribution in [1.82, 2.24) is 0 Å². The van der Waals surface area contributed by atoms with Crippen LogP contribution in [0.2, 0.25) is 0 Å². The van der Waals surface area contributed by atoms with Gasteiger partial charge in [0.15, 0.2) is 6.10 Å². The summed E-state index contributed by atoms with van der Waals surface area (Å²) in [6.07, 6.45) is 97.9. The zero-order valence-corrected chi connectivity index (χ0v) is 64.9. The predicted molar refractivity (Wildman–Crippen MR) is 409 cm³/mol. The molecule has 0 aromatic carbocycles. The van der Waals surface area contributed by atoms with Crippen molar-refractivity contribution < 1.29 is 42.1 Å². The molecule has 0 saturated heterocycles. The van der Waals surface area contributed by atoms with Gasteiger partial charge in [0.05, 0.1) is 27.7 Å². The number of unbranched alkanes of at least 4 members (excludes halogenated alkanes) is 62. The number of allylic oxidation sites excluding steroid dienone is 4. The molecule has 0 heterocycles. The van der Waals surface area contributed by atoms with Crippen LogP contribution in [-0.4, -0.2) is 74.9 Å². The first-order valence-corrected chi connectivity index (χ1v) is 43.6. The molecule has 2 atom stereocenters. The molecule has 0 rings (SSSR count). The summed E-state index contributed by atoms with van der Waals surface area (Å²) in [5.41, 5.74) is 0. The maximum atomic E-state index is 12.9. The number of rotatable bonds is 80. The molecular weight excluding hydrogens is 1180 g/mol. The van der Waals surface area contributed by atoms with Gasteiger partial charge in [-0.3, -0.25) is 18.6 Å². The first kappa shape index (κ1) is 92.5. The summed E-state index contributed by atoms with van der Waals surface area (Å²) in [7, 11) is 1.51. The molecule has 558 valence electrons. The molecule has 0 amide bonds. The van der Waals surface area contributed by atoms with Crippen molar-refractivity contribution in [3.05, 3.63) is 24.3 Å². The van der Waals surface area contributed by atoms with E-state index in [2.05, 4.69) is 38.2 Å². The summed E-state index contributed by atoms with van der Waals surface area (Å²) in [4.78, 5) is 36.0. The Hall–Kier alpha value is -1.51. The Bertz CT molecular complexity index is 1630. The fraction of sp³-hybridized carbons (Fsp3) is 0.929. The van der Waals surface area contributed by atoms with Gasteiger partial charge < -0.3 is 18.9 Å². The van der Waals surface area contributed by atoms with Gasteiger partial charge in [-0.25, -0.2) is 4.57 Å². The Morgan fingerprint density at radius 2 is 0.574 bits per heavy atom. The van der Waals surface area contributed by atoms with E-state index in [1.165, 1.54) is 379 Å². The van der Waals surface area contributed by atoms with E-state index >= 15 is 0 Å². The molecular formula is C84H165NO8P+. The quantitative estimate of drug-likeness (QED) is 0.0211. The monoisotopic (exact) mass is 1350 g/mol. The molecule has 94 heavy (non-hydrogen) atoms. The zero-order chi connectivity index (χ0) is 68.3. The molecule has 9 nitrogen and oxygen atoms in total. The third-order valence-electron chi connectivity index (χ3n) is 19.5. The smallest absolute Gasteiger partial charge is 0.462 e. The number of ether oxygens (including phenoxy) is 2. The largest absolute Gasteiger partial charge is 0.472 e. The highest BCUT2D eigenvalue weighted by molar-refractivity contribution is 7.47. The molecule has 0 bridgehead atoms. The average molecular weight is 1350 g/mol. The molecule has 2 unspecified atom stereocenters. The summed E-state index contributed by atoms with van der Waals surface area (Å²) in [6, 6.07) is 0. The first-order valence-electron chi connectivity index (χ1n) is 42.1. The van der Waals surface area contributed by atoms with Gasteiger partial charge >= 0.3 is 19.8 Å². The van der Waals surface area contributed by atoms with Crippen molar-refractivity contribution in [1.29, 1.82) is 0 Å². The number of carbonyl (C=O) groups is 2. The molecule has 0 aliphatic carbocycles. The number of hydrogen-bond donors (Lipinski definition) is 1. The molecule has 0 aliphatic heterocycles. The lowest BCUT2D eigenvalue weighted by molar-refractivity contribution is -0.870. The maximum absolute atomic E-state index is 12.9. The first-order chi connectivity index (χ1) is 46.0. The van der Waals surface area contributed by atoms with Crippen molar-refractivity contribution in [3.8, 4) is 0 Å². The molecule has 0 fully saturated rings. The van der Waals surface area contributed by atoms with E-state index in [1.807, 2.05) is 21.1 Å². The summed E-state index contributed by atoms with van der Waals surface area (Å²) >= 11 is 0. The van der Waals surface area contributed by atoms with Crippen molar-refractivity contribution in [2.24, 2.45) is 0 Å². The number of quaternary nitrogens is 1. The van der Waals surface area contributed by atoms with Crippen LogP contribution in [-0.2, 0) is 32.7 Å². The minimum atomic E-state index is -4.39. The fourth-order valence-electron chi connectivity index (χ4n) is 13.1. The molecule has 10 heteroatoms. The van der Waals surface area contributed by atoms with Crippen LogP contribution < -0.4 is 0 Å². The van der Waals surface area contributed by atoms with Gasteiger partial charge in [-0.15, -0.1) is 0 Å². The van der Waals surface area contributed by atoms with E-state index in [-0.39, 0.29) is 25.6 Å². The van der Waals surface area contributed by atoms with Crippen LogP contribution in [0.3, 0.4) is 0 Å². The topological polar surface area (TPSA) is 108 Å². The lowest BCUT2D eigenvalue weighted by atomic mass is 10.0. The summed E-state index contributed by atoms with van der Waals surface area (Å²) in [5.74, 6) is -0.768. The van der Waals surface area contributed by atoms with Gasteiger partial charge in [-0.2, -0.15) is 0 Å². The van der Waals surface area contributed by atoms with E-state index in [0.717, 1.165) is 38.5 Å². The number of carbonyl (C=O) groups excluding carboxylic acids is 2. The summed E-state index contributed by atoms with van der Waals surface area (Å²) < 4.78 is 34.9. The number of nitrogens with zero attached hydrogens (tertiary/aromatic N) is 1. The van der Waals surface area contributed by atoms with E-state index in [9.17, 15) is 19.0 Å². The third kappa shape index (κ3) is 79.5. The Morgan fingerprint density at radius 3 is 0.840 bits per heavy atom. The number of phosphoric acid groups is 1. The molecule has 0 radical (unpaired) electrons. The van der Waals surface area contributed by atoms with Crippen LogP contribution in [0.25, 0.3) is 0 Å². The number of likely N-dealkylation sites (N-methyl/N-ethyl adjacent to an activating group) is 1. The second-order valence-corrected chi connectivity index (χ2v) is 31.7. The van der Waals surface area contributed by atoms with Crippen molar-refractivity contribution in [2.75, 3.05) is 47.5 Å². The summed E-state index contributed by atoms with van der Waals surface area (Å²) in [5, 5.41) is 0. The van der Waals surface area contributed by atoms with Gasteiger partial charge in [-0.1, -0.05) is 417 Å².